The summed E-state index contributed by atoms with van der Waals surface area (Å²) in [5, 5.41) is 14.4. The van der Waals surface area contributed by atoms with E-state index in [1.54, 1.807) is 18.2 Å². The Morgan fingerprint density at radius 2 is 2.05 bits per heavy atom. The van der Waals surface area contributed by atoms with Crippen LogP contribution < -0.4 is 10.6 Å². The molecule has 2 amide bonds. The summed E-state index contributed by atoms with van der Waals surface area (Å²) in [5.41, 5.74) is 0.376. The second-order valence-corrected chi connectivity index (χ2v) is 5.43. The van der Waals surface area contributed by atoms with Crippen LogP contribution in [0.25, 0.3) is 0 Å². The lowest BCUT2D eigenvalue weighted by molar-refractivity contribution is 0.0698. The second kappa shape index (κ2) is 6.58. The van der Waals surface area contributed by atoms with E-state index in [1.165, 1.54) is 18.9 Å². The van der Waals surface area contributed by atoms with Crippen LogP contribution in [-0.2, 0) is 0 Å². The maximum absolute atomic E-state index is 11.9. The number of carbonyl (C=O) groups excluding carboxylic acids is 1. The maximum Gasteiger partial charge on any atom is 0.337 e. The third kappa shape index (κ3) is 4.19. The van der Waals surface area contributed by atoms with Crippen LogP contribution in [0.2, 0.25) is 0 Å². The molecule has 0 heterocycles. The summed E-state index contributed by atoms with van der Waals surface area (Å²) in [5.74, 6) is -1.06. The summed E-state index contributed by atoms with van der Waals surface area (Å²) in [6.07, 6.45) is 2.44. The number of para-hydroxylation sites is 1. The largest absolute Gasteiger partial charge is 0.478 e. The van der Waals surface area contributed by atoms with Gasteiger partial charge in [0.05, 0.1) is 11.3 Å². The van der Waals surface area contributed by atoms with Crippen LogP contribution in [0.4, 0.5) is 10.5 Å². The van der Waals surface area contributed by atoms with Gasteiger partial charge in [0.1, 0.15) is 0 Å². The Labute approximate surface area is 124 Å². The summed E-state index contributed by atoms with van der Waals surface area (Å²) in [6.45, 7) is 2.58. The number of benzene rings is 1. The van der Waals surface area contributed by atoms with Gasteiger partial charge in [-0.05, 0) is 38.9 Å². The molecule has 1 fully saturated rings. The van der Waals surface area contributed by atoms with Gasteiger partial charge < -0.3 is 15.7 Å². The van der Waals surface area contributed by atoms with E-state index in [4.69, 9.17) is 5.11 Å². The van der Waals surface area contributed by atoms with Crippen molar-refractivity contribution in [3.8, 4) is 0 Å². The predicted molar refractivity (Wildman–Crippen MR) is 80.7 cm³/mol. The second-order valence-electron chi connectivity index (χ2n) is 5.43. The minimum absolute atomic E-state index is 0.0794. The standard InChI is InChI=1S/C15H21N3O3/c1-10(18(2)11-7-8-11)9-16-15(21)17-13-6-4-3-5-12(13)14(19)20/h3-6,10-11H,7-9H2,1-2H3,(H,19,20)(H2,16,17,21). The molecule has 6 heteroatoms. The lowest BCUT2D eigenvalue weighted by atomic mass is 10.2. The Hall–Kier alpha value is -2.08. The van der Waals surface area contributed by atoms with E-state index in [0.717, 1.165) is 0 Å². The average molecular weight is 291 g/mol. The monoisotopic (exact) mass is 291 g/mol. The summed E-state index contributed by atoms with van der Waals surface area (Å²) in [7, 11) is 2.06. The van der Waals surface area contributed by atoms with Crippen molar-refractivity contribution >= 4 is 17.7 Å². The van der Waals surface area contributed by atoms with Gasteiger partial charge in [0.2, 0.25) is 0 Å². The van der Waals surface area contributed by atoms with Crippen molar-refractivity contribution in [2.75, 3.05) is 18.9 Å². The zero-order valence-electron chi connectivity index (χ0n) is 12.3. The SMILES string of the molecule is CC(CNC(=O)Nc1ccccc1C(=O)O)N(C)C1CC1. The van der Waals surface area contributed by atoms with Crippen molar-refractivity contribution < 1.29 is 14.7 Å². The molecule has 1 aromatic carbocycles. The van der Waals surface area contributed by atoms with Gasteiger partial charge in [0.15, 0.2) is 0 Å². The Morgan fingerprint density at radius 1 is 1.38 bits per heavy atom. The molecule has 3 N–H and O–H groups in total. The number of urea groups is 1. The number of carboxylic acids is 1. The van der Waals surface area contributed by atoms with E-state index in [-0.39, 0.29) is 17.6 Å². The number of rotatable bonds is 6. The van der Waals surface area contributed by atoms with E-state index in [9.17, 15) is 9.59 Å². The van der Waals surface area contributed by atoms with Gasteiger partial charge in [0.25, 0.3) is 0 Å². The van der Waals surface area contributed by atoms with E-state index >= 15 is 0 Å². The highest BCUT2D eigenvalue weighted by Gasteiger charge is 2.29. The molecule has 2 rings (SSSR count). The summed E-state index contributed by atoms with van der Waals surface area (Å²) in [4.78, 5) is 25.2. The number of likely N-dealkylation sites (N-methyl/N-ethyl adjacent to an activating group) is 1. The third-order valence-electron chi connectivity index (χ3n) is 3.78. The van der Waals surface area contributed by atoms with Gasteiger partial charge in [-0.2, -0.15) is 0 Å². The Bertz CT molecular complexity index is 529. The lowest BCUT2D eigenvalue weighted by Gasteiger charge is -2.24. The molecule has 0 spiro atoms. The summed E-state index contributed by atoms with van der Waals surface area (Å²) in [6, 6.07) is 6.84. The molecule has 0 aliphatic heterocycles. The molecule has 1 atom stereocenters. The Balaban J connectivity index is 1.85. The number of amides is 2. The molecular formula is C15H21N3O3. The Kier molecular flexibility index (Phi) is 4.80. The summed E-state index contributed by atoms with van der Waals surface area (Å²) < 4.78 is 0. The van der Waals surface area contributed by atoms with Crippen molar-refractivity contribution in [3.63, 3.8) is 0 Å². The first-order valence-electron chi connectivity index (χ1n) is 7.08. The quantitative estimate of drug-likeness (QED) is 0.748. The van der Waals surface area contributed by atoms with Crippen LogP contribution in [-0.4, -0.2) is 47.7 Å². The number of nitrogens with one attached hydrogen (secondary N) is 2. The van der Waals surface area contributed by atoms with Crippen LogP contribution in [0.15, 0.2) is 24.3 Å². The minimum Gasteiger partial charge on any atom is -0.478 e. The minimum atomic E-state index is -1.06. The zero-order valence-corrected chi connectivity index (χ0v) is 12.3. The molecule has 1 aromatic rings. The first-order chi connectivity index (χ1) is 9.99. The highest BCUT2D eigenvalue weighted by atomic mass is 16.4. The molecule has 0 bridgehead atoms. The molecule has 1 aliphatic rings. The van der Waals surface area contributed by atoms with E-state index < -0.39 is 5.97 Å². The number of nitrogens with zero attached hydrogens (tertiary/aromatic N) is 1. The van der Waals surface area contributed by atoms with Crippen LogP contribution in [0, 0.1) is 0 Å². The molecule has 0 aromatic heterocycles. The zero-order chi connectivity index (χ0) is 15.4. The average Bonchev–Trinajstić information content (AvgIpc) is 3.29. The van der Waals surface area contributed by atoms with Gasteiger partial charge in [-0.3, -0.25) is 4.90 Å². The fourth-order valence-electron chi connectivity index (χ4n) is 2.17. The predicted octanol–water partition coefficient (Wildman–Crippen LogP) is 1.99. The highest BCUT2D eigenvalue weighted by Crippen LogP contribution is 2.26. The number of hydrogen-bond donors (Lipinski definition) is 3. The molecule has 6 nitrogen and oxygen atoms in total. The molecule has 1 aliphatic carbocycles. The number of carbonyl (C=O) groups is 2. The van der Waals surface area contributed by atoms with Crippen molar-refractivity contribution in [1.29, 1.82) is 0 Å². The molecule has 114 valence electrons. The maximum atomic E-state index is 11.9. The van der Waals surface area contributed by atoms with E-state index in [0.29, 0.717) is 18.3 Å². The van der Waals surface area contributed by atoms with Crippen LogP contribution in [0.1, 0.15) is 30.1 Å². The molecule has 0 radical (unpaired) electrons. The first kappa shape index (κ1) is 15.3. The number of anilines is 1. The van der Waals surface area contributed by atoms with Crippen LogP contribution in [0.5, 0.6) is 0 Å². The molecular weight excluding hydrogens is 270 g/mol. The van der Waals surface area contributed by atoms with Crippen LogP contribution in [0.3, 0.4) is 0 Å². The smallest absolute Gasteiger partial charge is 0.337 e. The molecule has 1 saturated carbocycles. The third-order valence-corrected chi connectivity index (χ3v) is 3.78. The topological polar surface area (TPSA) is 81.7 Å². The first-order valence-corrected chi connectivity index (χ1v) is 7.08. The van der Waals surface area contributed by atoms with Crippen molar-refractivity contribution in [2.45, 2.75) is 31.8 Å². The summed E-state index contributed by atoms with van der Waals surface area (Å²) >= 11 is 0. The van der Waals surface area contributed by atoms with Gasteiger partial charge in [-0.1, -0.05) is 12.1 Å². The van der Waals surface area contributed by atoms with Crippen molar-refractivity contribution in [1.82, 2.24) is 10.2 Å². The lowest BCUT2D eigenvalue weighted by Crippen LogP contribution is -2.42. The molecule has 1 unspecified atom stereocenters. The van der Waals surface area contributed by atoms with Gasteiger partial charge in [-0.25, -0.2) is 9.59 Å². The molecule has 21 heavy (non-hydrogen) atoms. The highest BCUT2D eigenvalue weighted by molar-refractivity contribution is 5.99. The normalized spacial score (nSPS) is 15.6. The van der Waals surface area contributed by atoms with E-state index in [1.807, 2.05) is 0 Å². The number of aromatic carboxylic acids is 1. The fraction of sp³-hybridized carbons (Fsp3) is 0.467. The molecule has 0 saturated heterocycles. The Morgan fingerprint density at radius 3 is 2.67 bits per heavy atom. The van der Waals surface area contributed by atoms with Gasteiger partial charge in [-0.15, -0.1) is 0 Å². The number of carboxylic acid groups (broad SMARTS) is 1. The van der Waals surface area contributed by atoms with Gasteiger partial charge >= 0.3 is 12.0 Å². The van der Waals surface area contributed by atoms with Crippen molar-refractivity contribution in [2.24, 2.45) is 0 Å². The number of hydrogen-bond acceptors (Lipinski definition) is 3. The van der Waals surface area contributed by atoms with Gasteiger partial charge in [0, 0.05) is 18.6 Å². The van der Waals surface area contributed by atoms with E-state index in [2.05, 4.69) is 29.5 Å². The van der Waals surface area contributed by atoms with Crippen molar-refractivity contribution in [3.05, 3.63) is 29.8 Å². The fourth-order valence-corrected chi connectivity index (χ4v) is 2.17. The van der Waals surface area contributed by atoms with Crippen LogP contribution >= 0.6 is 0 Å².